The van der Waals surface area contributed by atoms with Crippen LogP contribution < -0.4 is 9.47 Å². The Kier molecular flexibility index (Phi) is 2.11. The van der Waals surface area contributed by atoms with Crippen molar-refractivity contribution in [3.05, 3.63) is 23.8 Å². The minimum atomic E-state index is -0.703. The highest BCUT2D eigenvalue weighted by Crippen LogP contribution is 2.40. The van der Waals surface area contributed by atoms with E-state index in [0.29, 0.717) is 6.42 Å². The molecule has 0 radical (unpaired) electrons. The van der Waals surface area contributed by atoms with Gasteiger partial charge < -0.3 is 14.6 Å². The summed E-state index contributed by atoms with van der Waals surface area (Å²) >= 11 is 0. The fourth-order valence-electron chi connectivity index (χ4n) is 1.57. The van der Waals surface area contributed by atoms with Crippen molar-refractivity contribution in [3.63, 3.8) is 0 Å². The van der Waals surface area contributed by atoms with Crippen molar-refractivity contribution in [1.29, 1.82) is 0 Å². The standard InChI is InChI=1S/C11H14O3/c1-8-3-4-9-10(7-8)14-11(2,13-9)5-6-12/h3-4,7,12H,5-6H2,1-2H3. The van der Waals surface area contributed by atoms with Crippen LogP contribution in [0.2, 0.25) is 0 Å². The average molecular weight is 194 g/mol. The van der Waals surface area contributed by atoms with E-state index in [2.05, 4.69) is 0 Å². The molecule has 1 N–H and O–H groups in total. The molecule has 1 aromatic rings. The lowest BCUT2D eigenvalue weighted by molar-refractivity contribution is -0.0769. The number of hydrogen-bond acceptors (Lipinski definition) is 3. The van der Waals surface area contributed by atoms with Gasteiger partial charge in [-0.25, -0.2) is 0 Å². The number of hydrogen-bond donors (Lipinski definition) is 1. The second kappa shape index (κ2) is 3.17. The molecule has 2 rings (SSSR count). The van der Waals surface area contributed by atoms with Crippen LogP contribution in [0.1, 0.15) is 18.9 Å². The maximum atomic E-state index is 8.87. The van der Waals surface area contributed by atoms with E-state index in [1.165, 1.54) is 0 Å². The zero-order valence-corrected chi connectivity index (χ0v) is 8.41. The predicted molar refractivity (Wildman–Crippen MR) is 52.5 cm³/mol. The molecule has 0 saturated heterocycles. The van der Waals surface area contributed by atoms with Gasteiger partial charge in [-0.1, -0.05) is 6.07 Å². The van der Waals surface area contributed by atoms with E-state index in [9.17, 15) is 0 Å². The molecule has 3 nitrogen and oxygen atoms in total. The number of rotatable bonds is 2. The molecule has 14 heavy (non-hydrogen) atoms. The monoisotopic (exact) mass is 194 g/mol. The Morgan fingerprint density at radius 3 is 2.71 bits per heavy atom. The van der Waals surface area contributed by atoms with Crippen LogP contribution in [0.5, 0.6) is 11.5 Å². The van der Waals surface area contributed by atoms with Crippen molar-refractivity contribution in [3.8, 4) is 11.5 Å². The number of ether oxygens (including phenoxy) is 2. The molecule has 0 aromatic heterocycles. The Morgan fingerprint density at radius 2 is 2.00 bits per heavy atom. The number of aliphatic hydroxyl groups excluding tert-OH is 1. The minimum absolute atomic E-state index is 0.0590. The summed E-state index contributed by atoms with van der Waals surface area (Å²) in [4.78, 5) is 0. The third-order valence-electron chi connectivity index (χ3n) is 2.32. The summed E-state index contributed by atoms with van der Waals surface area (Å²) in [5.74, 6) is 0.817. The van der Waals surface area contributed by atoms with Crippen molar-refractivity contribution in [1.82, 2.24) is 0 Å². The highest BCUT2D eigenvalue weighted by atomic mass is 16.7. The van der Waals surface area contributed by atoms with Crippen LogP contribution in [-0.4, -0.2) is 17.5 Å². The van der Waals surface area contributed by atoms with E-state index >= 15 is 0 Å². The van der Waals surface area contributed by atoms with Crippen molar-refractivity contribution >= 4 is 0 Å². The molecule has 3 heteroatoms. The summed E-state index contributed by atoms with van der Waals surface area (Å²) in [6.07, 6.45) is 0.473. The van der Waals surface area contributed by atoms with Crippen LogP contribution in [0.15, 0.2) is 18.2 Å². The van der Waals surface area contributed by atoms with Crippen LogP contribution in [0.3, 0.4) is 0 Å². The topological polar surface area (TPSA) is 38.7 Å². The first-order valence-corrected chi connectivity index (χ1v) is 4.72. The fraction of sp³-hybridized carbons (Fsp3) is 0.455. The van der Waals surface area contributed by atoms with Crippen LogP contribution in [-0.2, 0) is 0 Å². The summed E-state index contributed by atoms with van der Waals surface area (Å²) in [6.45, 7) is 3.90. The molecule has 0 spiro atoms. The summed E-state index contributed by atoms with van der Waals surface area (Å²) in [6, 6.07) is 5.82. The van der Waals surface area contributed by atoms with Crippen molar-refractivity contribution in [2.24, 2.45) is 0 Å². The Bertz CT molecular complexity index is 348. The highest BCUT2D eigenvalue weighted by Gasteiger charge is 2.35. The van der Waals surface area contributed by atoms with Crippen LogP contribution in [0, 0.1) is 6.92 Å². The molecular weight excluding hydrogens is 180 g/mol. The third-order valence-corrected chi connectivity index (χ3v) is 2.32. The lowest BCUT2D eigenvalue weighted by Gasteiger charge is -2.21. The molecule has 1 atom stereocenters. The van der Waals surface area contributed by atoms with Gasteiger partial charge in [0.05, 0.1) is 6.61 Å². The van der Waals surface area contributed by atoms with Gasteiger partial charge in [-0.05, 0) is 24.6 Å². The van der Waals surface area contributed by atoms with E-state index in [-0.39, 0.29) is 6.61 Å². The lowest BCUT2D eigenvalue weighted by atomic mass is 10.2. The highest BCUT2D eigenvalue weighted by molar-refractivity contribution is 5.45. The van der Waals surface area contributed by atoms with E-state index < -0.39 is 5.79 Å². The Labute approximate surface area is 83.3 Å². The van der Waals surface area contributed by atoms with E-state index in [0.717, 1.165) is 17.1 Å². The van der Waals surface area contributed by atoms with Gasteiger partial charge in [0.15, 0.2) is 11.5 Å². The molecule has 0 saturated carbocycles. The number of aliphatic hydroxyl groups is 1. The molecule has 1 aliphatic heterocycles. The van der Waals surface area contributed by atoms with Gasteiger partial charge in [-0.3, -0.25) is 0 Å². The zero-order valence-electron chi connectivity index (χ0n) is 8.41. The number of benzene rings is 1. The van der Waals surface area contributed by atoms with Gasteiger partial charge in [0.2, 0.25) is 0 Å². The summed E-state index contributed by atoms with van der Waals surface area (Å²) < 4.78 is 11.2. The molecule has 1 aromatic carbocycles. The molecule has 0 bridgehead atoms. The van der Waals surface area contributed by atoms with Crippen LogP contribution in [0.4, 0.5) is 0 Å². The van der Waals surface area contributed by atoms with Crippen molar-refractivity contribution in [2.45, 2.75) is 26.1 Å². The predicted octanol–water partition coefficient (Wildman–Crippen LogP) is 1.86. The fourth-order valence-corrected chi connectivity index (χ4v) is 1.57. The normalized spacial score (nSPS) is 23.9. The molecule has 1 aliphatic rings. The Morgan fingerprint density at radius 1 is 1.29 bits per heavy atom. The molecule has 0 aliphatic carbocycles. The van der Waals surface area contributed by atoms with Gasteiger partial charge in [0.1, 0.15) is 0 Å². The summed E-state index contributed by atoms with van der Waals surface area (Å²) in [5.41, 5.74) is 1.14. The first kappa shape index (κ1) is 9.34. The third kappa shape index (κ3) is 1.55. The zero-order chi connectivity index (χ0) is 10.2. The number of fused-ring (bicyclic) bond motifs is 1. The van der Waals surface area contributed by atoms with Gasteiger partial charge in [-0.15, -0.1) is 0 Å². The second-order valence-corrected chi connectivity index (χ2v) is 3.76. The minimum Gasteiger partial charge on any atom is -0.449 e. The smallest absolute Gasteiger partial charge is 0.251 e. The van der Waals surface area contributed by atoms with E-state index in [1.807, 2.05) is 32.0 Å². The van der Waals surface area contributed by atoms with Crippen LogP contribution >= 0.6 is 0 Å². The van der Waals surface area contributed by atoms with Crippen LogP contribution in [0.25, 0.3) is 0 Å². The summed E-state index contributed by atoms with van der Waals surface area (Å²) in [5, 5.41) is 8.87. The first-order valence-electron chi connectivity index (χ1n) is 4.72. The van der Waals surface area contributed by atoms with Gasteiger partial charge in [-0.2, -0.15) is 0 Å². The lowest BCUT2D eigenvalue weighted by Crippen LogP contribution is -2.35. The largest absolute Gasteiger partial charge is 0.449 e. The molecule has 0 amide bonds. The molecular formula is C11H14O3. The average Bonchev–Trinajstić information content (AvgIpc) is 2.40. The maximum absolute atomic E-state index is 8.87. The van der Waals surface area contributed by atoms with Gasteiger partial charge >= 0.3 is 0 Å². The second-order valence-electron chi connectivity index (χ2n) is 3.76. The van der Waals surface area contributed by atoms with Gasteiger partial charge in [0.25, 0.3) is 5.79 Å². The van der Waals surface area contributed by atoms with E-state index in [4.69, 9.17) is 14.6 Å². The van der Waals surface area contributed by atoms with Crippen molar-refractivity contribution in [2.75, 3.05) is 6.61 Å². The first-order chi connectivity index (χ1) is 6.63. The Hall–Kier alpha value is -1.22. The molecule has 0 fully saturated rings. The molecule has 1 heterocycles. The van der Waals surface area contributed by atoms with Crippen molar-refractivity contribution < 1.29 is 14.6 Å². The quantitative estimate of drug-likeness (QED) is 0.781. The molecule has 76 valence electrons. The van der Waals surface area contributed by atoms with E-state index in [1.54, 1.807) is 0 Å². The SMILES string of the molecule is Cc1ccc2c(c1)OC(C)(CCO)O2. The Balaban J connectivity index is 2.25. The maximum Gasteiger partial charge on any atom is 0.251 e. The number of aryl methyl sites for hydroxylation is 1. The summed E-state index contributed by atoms with van der Waals surface area (Å²) in [7, 11) is 0. The van der Waals surface area contributed by atoms with Gasteiger partial charge in [0, 0.05) is 13.3 Å². The molecule has 1 unspecified atom stereocenters.